The van der Waals surface area contributed by atoms with Crippen LogP contribution in [0.1, 0.15) is 12.0 Å². The summed E-state index contributed by atoms with van der Waals surface area (Å²) in [5.41, 5.74) is 6.01. The third kappa shape index (κ3) is 6.05. The van der Waals surface area contributed by atoms with Crippen molar-refractivity contribution in [3.63, 3.8) is 0 Å². The van der Waals surface area contributed by atoms with E-state index in [9.17, 15) is 14.4 Å². The maximum Gasteiger partial charge on any atom is 0.237 e. The molecule has 1 aliphatic rings. The van der Waals surface area contributed by atoms with Crippen molar-refractivity contribution in [2.24, 2.45) is 5.73 Å². The van der Waals surface area contributed by atoms with Crippen molar-refractivity contribution in [3.8, 4) is 11.5 Å². The van der Waals surface area contributed by atoms with E-state index in [1.807, 2.05) is 59.5 Å². The molecule has 8 nitrogen and oxygen atoms in total. The number of nitrogens with two attached hydrogens (primary N) is 1. The highest BCUT2D eigenvalue weighted by Crippen LogP contribution is 2.23. The van der Waals surface area contributed by atoms with Crippen molar-refractivity contribution < 1.29 is 19.1 Å². The van der Waals surface area contributed by atoms with E-state index in [4.69, 9.17) is 10.5 Å². The second-order valence-corrected chi connectivity index (χ2v) is 6.79. The van der Waals surface area contributed by atoms with Crippen molar-refractivity contribution in [1.29, 1.82) is 0 Å². The first-order valence-electron chi connectivity index (χ1n) is 9.40. The summed E-state index contributed by atoms with van der Waals surface area (Å²) < 4.78 is 5.87. The van der Waals surface area contributed by atoms with Crippen molar-refractivity contribution in [2.45, 2.75) is 19.0 Å². The van der Waals surface area contributed by atoms with Crippen LogP contribution in [-0.4, -0.2) is 48.3 Å². The third-order valence-corrected chi connectivity index (χ3v) is 4.54. The second-order valence-electron chi connectivity index (χ2n) is 6.79. The van der Waals surface area contributed by atoms with Gasteiger partial charge in [-0.15, -0.1) is 0 Å². The van der Waals surface area contributed by atoms with Gasteiger partial charge in [0.1, 0.15) is 11.5 Å². The lowest BCUT2D eigenvalue weighted by Crippen LogP contribution is -2.56. The summed E-state index contributed by atoms with van der Waals surface area (Å²) in [7, 11) is 0. The van der Waals surface area contributed by atoms with Crippen LogP contribution in [0.3, 0.4) is 0 Å². The second kappa shape index (κ2) is 9.70. The van der Waals surface area contributed by atoms with Gasteiger partial charge in [0, 0.05) is 19.6 Å². The zero-order valence-electron chi connectivity index (χ0n) is 16.0. The highest BCUT2D eigenvalue weighted by Gasteiger charge is 2.31. The van der Waals surface area contributed by atoms with Crippen molar-refractivity contribution in [3.05, 3.63) is 60.2 Å². The van der Waals surface area contributed by atoms with Gasteiger partial charge in [0.15, 0.2) is 0 Å². The Balaban J connectivity index is 1.66. The first-order valence-corrected chi connectivity index (χ1v) is 9.40. The molecule has 0 radical (unpaired) electrons. The molecule has 0 bridgehead atoms. The van der Waals surface area contributed by atoms with Crippen LogP contribution >= 0.6 is 0 Å². The minimum Gasteiger partial charge on any atom is -0.457 e. The summed E-state index contributed by atoms with van der Waals surface area (Å²) in [6.07, 6.45) is -0.0423. The number of primary amides is 1. The fourth-order valence-electron chi connectivity index (χ4n) is 3.17. The number of para-hydroxylation sites is 1. The predicted molar refractivity (Wildman–Crippen MR) is 107 cm³/mol. The Morgan fingerprint density at radius 2 is 1.90 bits per heavy atom. The van der Waals surface area contributed by atoms with E-state index < -0.39 is 17.9 Å². The maximum atomic E-state index is 12.3. The number of carbonyl (C=O) groups excluding carboxylic acids is 3. The summed E-state index contributed by atoms with van der Waals surface area (Å²) in [6, 6.07) is 16.5. The third-order valence-electron chi connectivity index (χ3n) is 4.54. The smallest absolute Gasteiger partial charge is 0.237 e. The van der Waals surface area contributed by atoms with E-state index in [1.54, 1.807) is 0 Å². The molecule has 0 unspecified atom stereocenters. The Bertz CT molecular complexity index is 872. The van der Waals surface area contributed by atoms with Crippen LogP contribution in [0.5, 0.6) is 11.5 Å². The number of ether oxygens (including phenoxy) is 1. The van der Waals surface area contributed by atoms with Crippen LogP contribution in [0, 0.1) is 0 Å². The van der Waals surface area contributed by atoms with Gasteiger partial charge >= 0.3 is 0 Å². The van der Waals surface area contributed by atoms with Crippen LogP contribution < -0.4 is 21.1 Å². The fourth-order valence-corrected chi connectivity index (χ4v) is 3.17. The van der Waals surface area contributed by atoms with Gasteiger partial charge in [-0.2, -0.15) is 0 Å². The molecule has 0 aromatic heterocycles. The van der Waals surface area contributed by atoms with Crippen molar-refractivity contribution in [1.82, 2.24) is 15.5 Å². The number of nitrogens with one attached hydrogen (secondary N) is 2. The lowest BCUT2D eigenvalue weighted by atomic mass is 10.1. The molecule has 1 saturated heterocycles. The normalized spacial score (nSPS) is 16.7. The SMILES string of the molecule is NC(=O)CNC(=O)C[C@H]1C(=O)NCCN1Cc1cccc(Oc2ccccc2)c1. The number of benzene rings is 2. The van der Waals surface area contributed by atoms with Gasteiger partial charge in [0.25, 0.3) is 0 Å². The van der Waals surface area contributed by atoms with Gasteiger partial charge in [-0.3, -0.25) is 19.3 Å². The molecule has 1 atom stereocenters. The molecule has 0 saturated carbocycles. The molecule has 2 aromatic rings. The molecule has 152 valence electrons. The van der Waals surface area contributed by atoms with E-state index in [-0.39, 0.29) is 18.9 Å². The van der Waals surface area contributed by atoms with Gasteiger partial charge in [-0.05, 0) is 29.8 Å². The number of nitrogens with zero attached hydrogens (tertiary/aromatic N) is 1. The quantitative estimate of drug-likeness (QED) is 0.610. The summed E-state index contributed by atoms with van der Waals surface area (Å²) >= 11 is 0. The van der Waals surface area contributed by atoms with Gasteiger partial charge in [-0.25, -0.2) is 0 Å². The lowest BCUT2D eigenvalue weighted by molar-refractivity contribution is -0.134. The molecule has 4 N–H and O–H groups in total. The van der Waals surface area contributed by atoms with E-state index in [0.717, 1.165) is 11.3 Å². The highest BCUT2D eigenvalue weighted by molar-refractivity contribution is 5.90. The number of hydrogen-bond donors (Lipinski definition) is 3. The molecule has 8 heteroatoms. The summed E-state index contributed by atoms with van der Waals surface area (Å²) in [5.74, 6) is 0.217. The Morgan fingerprint density at radius 3 is 2.66 bits per heavy atom. The maximum absolute atomic E-state index is 12.3. The van der Waals surface area contributed by atoms with Crippen molar-refractivity contribution in [2.75, 3.05) is 19.6 Å². The molecular weight excluding hydrogens is 372 g/mol. The monoisotopic (exact) mass is 396 g/mol. The van der Waals surface area contributed by atoms with E-state index in [1.165, 1.54) is 0 Å². The number of piperazine rings is 1. The molecule has 3 rings (SSSR count). The number of rotatable bonds is 8. The zero-order valence-corrected chi connectivity index (χ0v) is 16.0. The molecule has 2 aromatic carbocycles. The summed E-state index contributed by atoms with van der Waals surface area (Å²) in [6.45, 7) is 1.38. The number of amides is 3. The van der Waals surface area contributed by atoms with Gasteiger partial charge in [0.05, 0.1) is 19.0 Å². The molecule has 29 heavy (non-hydrogen) atoms. The minimum atomic E-state index is -0.626. The van der Waals surface area contributed by atoms with E-state index >= 15 is 0 Å². The first kappa shape index (κ1) is 20.3. The molecule has 1 aliphatic heterocycles. The molecule has 1 fully saturated rings. The van der Waals surface area contributed by atoms with Crippen LogP contribution in [0.2, 0.25) is 0 Å². The molecule has 0 spiro atoms. The average molecular weight is 396 g/mol. The average Bonchev–Trinajstić information content (AvgIpc) is 2.70. The summed E-state index contributed by atoms with van der Waals surface area (Å²) in [5, 5.41) is 5.22. The standard InChI is InChI=1S/C21H24N4O4/c22-19(26)13-24-20(27)12-18-21(28)23-9-10-25(18)14-15-5-4-8-17(11-15)29-16-6-2-1-3-7-16/h1-8,11,18H,9-10,12-14H2,(H2,22,26)(H,23,28)(H,24,27)/t18-/m0/s1. The first-order chi connectivity index (χ1) is 14.0. The fraction of sp³-hybridized carbons (Fsp3) is 0.286. The molecule has 3 amide bonds. The van der Waals surface area contributed by atoms with Gasteiger partial charge < -0.3 is 21.1 Å². The largest absolute Gasteiger partial charge is 0.457 e. The van der Waals surface area contributed by atoms with Gasteiger partial charge in [0.2, 0.25) is 17.7 Å². The number of carbonyl (C=O) groups is 3. The molecule has 1 heterocycles. The van der Waals surface area contributed by atoms with Crippen LogP contribution in [-0.2, 0) is 20.9 Å². The highest BCUT2D eigenvalue weighted by atomic mass is 16.5. The van der Waals surface area contributed by atoms with Crippen LogP contribution in [0.15, 0.2) is 54.6 Å². The molecule has 0 aliphatic carbocycles. The summed E-state index contributed by atoms with van der Waals surface area (Å²) in [4.78, 5) is 37.2. The van der Waals surface area contributed by atoms with Crippen molar-refractivity contribution >= 4 is 17.7 Å². The zero-order chi connectivity index (χ0) is 20.6. The predicted octanol–water partition coefficient (Wildman–Crippen LogP) is 0.771. The molecular formula is C21H24N4O4. The minimum absolute atomic E-state index is 0.0423. The van der Waals surface area contributed by atoms with E-state index in [0.29, 0.717) is 25.4 Å². The lowest BCUT2D eigenvalue weighted by Gasteiger charge is -2.34. The Labute approximate surface area is 169 Å². The van der Waals surface area contributed by atoms with E-state index in [2.05, 4.69) is 10.6 Å². The van der Waals surface area contributed by atoms with Crippen LogP contribution in [0.25, 0.3) is 0 Å². The Morgan fingerprint density at radius 1 is 1.14 bits per heavy atom. The van der Waals surface area contributed by atoms with Gasteiger partial charge in [-0.1, -0.05) is 30.3 Å². The number of hydrogen-bond acceptors (Lipinski definition) is 5. The van der Waals surface area contributed by atoms with Crippen LogP contribution in [0.4, 0.5) is 0 Å². The Hall–Kier alpha value is -3.39. The topological polar surface area (TPSA) is 114 Å². The Kier molecular flexibility index (Phi) is 6.80.